The highest BCUT2D eigenvalue weighted by Crippen LogP contribution is 2.35. The Bertz CT molecular complexity index is 405. The third-order valence-electron chi connectivity index (χ3n) is 2.84. The fraction of sp³-hybridized carbons (Fsp3) is 0.500. The number of anilines is 1. The third kappa shape index (κ3) is 2.67. The first kappa shape index (κ1) is 11.3. The van der Waals surface area contributed by atoms with Crippen molar-refractivity contribution >= 4 is 17.4 Å². The zero-order valence-corrected chi connectivity index (χ0v) is 9.96. The molecule has 0 saturated heterocycles. The molecule has 0 aromatic carbocycles. The van der Waals surface area contributed by atoms with Crippen molar-refractivity contribution in [1.82, 2.24) is 4.98 Å². The van der Waals surface area contributed by atoms with Gasteiger partial charge in [-0.15, -0.1) is 11.8 Å². The Kier molecular flexibility index (Phi) is 3.68. The summed E-state index contributed by atoms with van der Waals surface area (Å²) in [5.74, 6) is 0. The summed E-state index contributed by atoms with van der Waals surface area (Å²) in [7, 11) is 0. The summed E-state index contributed by atoms with van der Waals surface area (Å²) in [6, 6.07) is 3.75. The van der Waals surface area contributed by atoms with Crippen molar-refractivity contribution in [3.8, 4) is 6.07 Å². The van der Waals surface area contributed by atoms with Gasteiger partial charge in [0.1, 0.15) is 11.1 Å². The van der Waals surface area contributed by atoms with E-state index in [0.717, 1.165) is 5.03 Å². The first-order chi connectivity index (χ1) is 7.79. The molecule has 4 heteroatoms. The van der Waals surface area contributed by atoms with Crippen molar-refractivity contribution in [2.24, 2.45) is 0 Å². The highest BCUT2D eigenvalue weighted by atomic mass is 32.2. The topological polar surface area (TPSA) is 62.7 Å². The molecule has 84 valence electrons. The van der Waals surface area contributed by atoms with Gasteiger partial charge in [0, 0.05) is 11.4 Å². The van der Waals surface area contributed by atoms with Crippen LogP contribution in [0, 0.1) is 11.3 Å². The lowest BCUT2D eigenvalue weighted by molar-refractivity contribution is 0.516. The summed E-state index contributed by atoms with van der Waals surface area (Å²) >= 11 is 1.76. The molecule has 0 bridgehead atoms. The number of nitrogens with two attached hydrogens (primary N) is 1. The molecule has 2 rings (SSSR count). The summed E-state index contributed by atoms with van der Waals surface area (Å²) in [6.45, 7) is 0. The van der Waals surface area contributed by atoms with Gasteiger partial charge in [0.2, 0.25) is 0 Å². The normalized spacial score (nSPS) is 16.9. The smallest absolute Gasteiger partial charge is 0.119 e. The summed E-state index contributed by atoms with van der Waals surface area (Å²) in [6.07, 6.45) is 8.09. The second kappa shape index (κ2) is 5.22. The maximum Gasteiger partial charge on any atom is 0.119 e. The minimum atomic E-state index is 0.533. The molecule has 0 amide bonds. The number of hydrogen-bond donors (Lipinski definition) is 1. The lowest BCUT2D eigenvalue weighted by atomic mass is 10.0. The van der Waals surface area contributed by atoms with E-state index in [1.54, 1.807) is 24.0 Å². The molecule has 16 heavy (non-hydrogen) atoms. The number of thioether (sulfide) groups is 1. The maximum atomic E-state index is 8.72. The van der Waals surface area contributed by atoms with E-state index in [1.165, 1.54) is 32.1 Å². The molecule has 0 aliphatic heterocycles. The monoisotopic (exact) mass is 233 g/mol. The van der Waals surface area contributed by atoms with Gasteiger partial charge < -0.3 is 5.73 Å². The second-order valence-electron chi connectivity index (χ2n) is 4.11. The van der Waals surface area contributed by atoms with Crippen LogP contribution in [0.5, 0.6) is 0 Å². The number of hydrogen-bond acceptors (Lipinski definition) is 4. The van der Waals surface area contributed by atoms with Gasteiger partial charge >= 0.3 is 0 Å². The summed E-state index contributed by atoms with van der Waals surface area (Å²) in [5, 5.41) is 10.3. The van der Waals surface area contributed by atoms with Crippen molar-refractivity contribution in [1.29, 1.82) is 5.26 Å². The Labute approximate surface area is 100 Å². The molecule has 1 aliphatic carbocycles. The third-order valence-corrected chi connectivity index (χ3v) is 4.21. The number of nitrogen functional groups attached to an aromatic ring is 1. The van der Waals surface area contributed by atoms with Crippen molar-refractivity contribution in [3.05, 3.63) is 17.8 Å². The van der Waals surface area contributed by atoms with Crippen LogP contribution < -0.4 is 5.73 Å². The van der Waals surface area contributed by atoms with Crippen LogP contribution in [0.25, 0.3) is 0 Å². The van der Waals surface area contributed by atoms with Crippen LogP contribution in [-0.2, 0) is 0 Å². The number of pyridine rings is 1. The Hall–Kier alpha value is -1.21. The molecule has 0 radical (unpaired) electrons. The van der Waals surface area contributed by atoms with Crippen molar-refractivity contribution < 1.29 is 0 Å². The number of rotatable bonds is 2. The quantitative estimate of drug-likeness (QED) is 0.853. The molecule has 1 fully saturated rings. The van der Waals surface area contributed by atoms with E-state index in [1.807, 2.05) is 6.07 Å². The Morgan fingerprint density at radius 1 is 1.38 bits per heavy atom. The van der Waals surface area contributed by atoms with Crippen molar-refractivity contribution in [2.75, 3.05) is 5.73 Å². The predicted octanol–water partition coefficient (Wildman–Crippen LogP) is 2.96. The fourth-order valence-electron chi connectivity index (χ4n) is 1.97. The lowest BCUT2D eigenvalue weighted by Gasteiger charge is -2.20. The molecule has 1 aromatic rings. The molecule has 3 nitrogen and oxygen atoms in total. The molecule has 1 heterocycles. The largest absolute Gasteiger partial charge is 0.397 e. The number of nitriles is 1. The molecule has 2 N–H and O–H groups in total. The number of aromatic nitrogens is 1. The van der Waals surface area contributed by atoms with Crippen LogP contribution in [-0.4, -0.2) is 10.2 Å². The van der Waals surface area contributed by atoms with Gasteiger partial charge in [-0.2, -0.15) is 5.26 Å². The second-order valence-corrected chi connectivity index (χ2v) is 5.40. The zero-order valence-electron chi connectivity index (χ0n) is 9.15. The highest BCUT2D eigenvalue weighted by Gasteiger charge is 2.16. The van der Waals surface area contributed by atoms with Crippen molar-refractivity contribution in [3.63, 3.8) is 0 Å². The number of nitrogens with zero attached hydrogens (tertiary/aromatic N) is 2. The Morgan fingerprint density at radius 3 is 2.75 bits per heavy atom. The minimum absolute atomic E-state index is 0.533. The van der Waals surface area contributed by atoms with E-state index in [4.69, 9.17) is 11.0 Å². The molecule has 1 aliphatic rings. The van der Waals surface area contributed by atoms with Crippen LogP contribution in [0.15, 0.2) is 17.3 Å². The summed E-state index contributed by atoms with van der Waals surface area (Å²) in [4.78, 5) is 4.26. The fourth-order valence-corrected chi connectivity index (χ4v) is 3.16. The first-order valence-electron chi connectivity index (χ1n) is 5.62. The van der Waals surface area contributed by atoms with Crippen LogP contribution in [0.2, 0.25) is 0 Å². The van der Waals surface area contributed by atoms with Crippen LogP contribution in [0.1, 0.15) is 37.7 Å². The minimum Gasteiger partial charge on any atom is -0.397 e. The van der Waals surface area contributed by atoms with Gasteiger partial charge in [0.15, 0.2) is 0 Å². The highest BCUT2D eigenvalue weighted by molar-refractivity contribution is 8.00. The van der Waals surface area contributed by atoms with Crippen molar-refractivity contribution in [2.45, 2.75) is 42.4 Å². The van der Waals surface area contributed by atoms with Gasteiger partial charge in [-0.05, 0) is 18.9 Å². The molecule has 1 saturated carbocycles. The molecule has 0 atom stereocenters. The average Bonchev–Trinajstić information content (AvgIpc) is 2.33. The van der Waals surface area contributed by atoms with Crippen LogP contribution >= 0.6 is 11.8 Å². The van der Waals surface area contributed by atoms with Gasteiger partial charge in [0.25, 0.3) is 0 Å². The van der Waals surface area contributed by atoms with E-state index in [-0.39, 0.29) is 0 Å². The van der Waals surface area contributed by atoms with E-state index in [2.05, 4.69) is 4.98 Å². The van der Waals surface area contributed by atoms with E-state index < -0.39 is 0 Å². The standard InChI is InChI=1S/C12H15N3S/c13-7-9-6-11(14)12(15-8-9)16-10-4-2-1-3-5-10/h6,8,10H,1-5,14H2. The Balaban J connectivity index is 2.06. The molecular weight excluding hydrogens is 218 g/mol. The van der Waals surface area contributed by atoms with Crippen LogP contribution in [0.3, 0.4) is 0 Å². The average molecular weight is 233 g/mol. The Morgan fingerprint density at radius 2 is 2.12 bits per heavy atom. The summed E-state index contributed by atoms with van der Waals surface area (Å²) < 4.78 is 0. The van der Waals surface area contributed by atoms with Gasteiger partial charge in [-0.3, -0.25) is 0 Å². The van der Waals surface area contributed by atoms with Crippen LogP contribution in [0.4, 0.5) is 5.69 Å². The summed E-state index contributed by atoms with van der Waals surface area (Å²) in [5.41, 5.74) is 7.05. The molecule has 1 aromatic heterocycles. The van der Waals surface area contributed by atoms with E-state index in [9.17, 15) is 0 Å². The SMILES string of the molecule is N#Cc1cnc(SC2CCCCC2)c(N)c1. The van der Waals surface area contributed by atoms with Gasteiger partial charge in [-0.25, -0.2) is 4.98 Å². The lowest BCUT2D eigenvalue weighted by Crippen LogP contribution is -2.08. The van der Waals surface area contributed by atoms with E-state index >= 15 is 0 Å². The first-order valence-corrected chi connectivity index (χ1v) is 6.50. The van der Waals surface area contributed by atoms with E-state index in [0.29, 0.717) is 16.5 Å². The zero-order chi connectivity index (χ0) is 11.4. The molecule has 0 unspecified atom stereocenters. The van der Waals surface area contributed by atoms with Gasteiger partial charge in [0.05, 0.1) is 11.3 Å². The predicted molar refractivity (Wildman–Crippen MR) is 66.1 cm³/mol. The van der Waals surface area contributed by atoms with Gasteiger partial charge in [-0.1, -0.05) is 19.3 Å². The molecular formula is C12H15N3S. The molecule has 0 spiro atoms. The maximum absolute atomic E-state index is 8.72.